The number of nitrogens with zero attached hydrogens (tertiary/aromatic N) is 1. The van der Waals surface area contributed by atoms with Crippen LogP contribution in [0, 0.1) is 17.8 Å². The van der Waals surface area contributed by atoms with Crippen molar-refractivity contribution in [1.29, 1.82) is 0 Å². The Balaban J connectivity index is 1.41. The van der Waals surface area contributed by atoms with Crippen LogP contribution < -0.4 is 10.0 Å². The Bertz CT molecular complexity index is 1860. The quantitative estimate of drug-likeness (QED) is 0.209. The third-order valence-electron chi connectivity index (χ3n) is 9.97. The fraction of sp³-hybridized carbons (Fsp3) is 0.513. The van der Waals surface area contributed by atoms with Crippen molar-refractivity contribution in [2.24, 2.45) is 17.8 Å². The third-order valence-corrected chi connectivity index (χ3v) is 12.5. The van der Waals surface area contributed by atoms with Gasteiger partial charge in [-0.1, -0.05) is 92.1 Å². The van der Waals surface area contributed by atoms with Gasteiger partial charge in [-0.05, 0) is 80.3 Å². The van der Waals surface area contributed by atoms with E-state index in [2.05, 4.69) is 14.9 Å². The van der Waals surface area contributed by atoms with Crippen LogP contribution in [0.4, 0.5) is 0 Å². The Morgan fingerprint density at radius 3 is 2.26 bits per heavy atom. The molecule has 2 aliphatic rings. The molecule has 1 unspecified atom stereocenters. The molecule has 11 heteroatoms. The molecule has 3 aromatic carbocycles. The molecule has 0 radical (unpaired) electrons. The van der Waals surface area contributed by atoms with Crippen molar-refractivity contribution in [3.05, 3.63) is 90.5 Å². The average molecular weight is 724 g/mol. The van der Waals surface area contributed by atoms with Gasteiger partial charge in [0.05, 0.1) is 35.1 Å². The number of fused-ring (bicyclic) bond motifs is 2. The zero-order valence-electron chi connectivity index (χ0n) is 29.7. The second-order valence-corrected chi connectivity index (χ2v) is 19.2. The molecule has 0 bridgehead atoms. The first-order chi connectivity index (χ1) is 23.6. The molecule has 6 atom stereocenters. The minimum atomic E-state index is -3.91. The summed E-state index contributed by atoms with van der Waals surface area (Å²) in [5, 5.41) is 16.8. The molecule has 1 amide bonds. The van der Waals surface area contributed by atoms with Gasteiger partial charge in [-0.2, -0.15) is 0 Å². The largest absolute Gasteiger partial charge is 0.391 e. The Labute approximate surface area is 298 Å². The lowest BCUT2D eigenvalue weighted by molar-refractivity contribution is -0.132. The van der Waals surface area contributed by atoms with E-state index in [0.29, 0.717) is 18.3 Å². The molecule has 272 valence electrons. The van der Waals surface area contributed by atoms with E-state index in [0.717, 1.165) is 48.4 Å². The number of carbonyl (C=O) groups excluding carboxylic acids is 1. The molecule has 3 aromatic rings. The molecule has 2 fully saturated rings. The summed E-state index contributed by atoms with van der Waals surface area (Å²) in [7, 11) is -7.70. The number of likely N-dealkylation sites (tertiary alicyclic amines) is 1. The number of β-amino-alcohol motifs (C(OH)–C–C–N with tert-alkyl or cyclic N) is 1. The first kappa shape index (κ1) is 38.1. The van der Waals surface area contributed by atoms with E-state index < -0.39 is 49.2 Å². The Morgan fingerprint density at radius 2 is 1.58 bits per heavy atom. The number of nitrogens with one attached hydrogen (secondary N) is 2. The number of rotatable bonds is 13. The van der Waals surface area contributed by atoms with E-state index in [1.807, 2.05) is 75.4 Å². The third kappa shape index (κ3) is 10.7. The smallest absolute Gasteiger partial charge is 0.237 e. The summed E-state index contributed by atoms with van der Waals surface area (Å²) in [6, 6.07) is 20.6. The Morgan fingerprint density at radius 1 is 0.920 bits per heavy atom. The number of benzene rings is 3. The number of sulfone groups is 1. The van der Waals surface area contributed by atoms with Gasteiger partial charge in [0.1, 0.15) is 0 Å². The second kappa shape index (κ2) is 16.1. The summed E-state index contributed by atoms with van der Waals surface area (Å²) in [6.07, 6.45) is 9.19. The fourth-order valence-electron chi connectivity index (χ4n) is 7.60. The van der Waals surface area contributed by atoms with Crippen molar-refractivity contribution < 1.29 is 26.7 Å². The summed E-state index contributed by atoms with van der Waals surface area (Å²) in [6.45, 7) is 6.90. The predicted octanol–water partition coefficient (Wildman–Crippen LogP) is 5.10. The maximum atomic E-state index is 13.7. The first-order valence-corrected chi connectivity index (χ1v) is 21.3. The molecule has 1 aliphatic heterocycles. The lowest BCUT2D eigenvalue weighted by Crippen LogP contribution is -2.59. The van der Waals surface area contributed by atoms with E-state index in [1.54, 1.807) is 30.4 Å². The first-order valence-electron chi connectivity index (χ1n) is 17.7. The van der Waals surface area contributed by atoms with Gasteiger partial charge in [-0.15, -0.1) is 0 Å². The zero-order chi connectivity index (χ0) is 36.1. The minimum Gasteiger partial charge on any atom is -0.391 e. The highest BCUT2D eigenvalue weighted by Gasteiger charge is 2.41. The van der Waals surface area contributed by atoms with E-state index in [1.165, 1.54) is 12.8 Å². The van der Waals surface area contributed by atoms with Gasteiger partial charge in [0.15, 0.2) is 9.84 Å². The van der Waals surface area contributed by atoms with Crippen LogP contribution in [0.3, 0.4) is 0 Å². The summed E-state index contributed by atoms with van der Waals surface area (Å²) < 4.78 is 54.7. The van der Waals surface area contributed by atoms with Gasteiger partial charge < -0.3 is 10.4 Å². The zero-order valence-corrected chi connectivity index (χ0v) is 31.3. The molecule has 50 heavy (non-hydrogen) atoms. The molecule has 1 aliphatic carbocycles. The molecule has 1 heterocycles. The second-order valence-electron chi connectivity index (χ2n) is 15.3. The van der Waals surface area contributed by atoms with Crippen molar-refractivity contribution in [2.45, 2.75) is 87.9 Å². The van der Waals surface area contributed by atoms with E-state index in [4.69, 9.17) is 0 Å². The van der Waals surface area contributed by atoms with E-state index in [9.17, 15) is 26.7 Å². The van der Waals surface area contributed by atoms with E-state index >= 15 is 0 Å². The van der Waals surface area contributed by atoms with Gasteiger partial charge in [-0.25, -0.2) is 21.6 Å². The summed E-state index contributed by atoms with van der Waals surface area (Å²) >= 11 is 0. The van der Waals surface area contributed by atoms with Gasteiger partial charge in [0, 0.05) is 24.5 Å². The maximum absolute atomic E-state index is 13.7. The van der Waals surface area contributed by atoms with Crippen LogP contribution in [-0.4, -0.2) is 81.6 Å². The maximum Gasteiger partial charge on any atom is 0.237 e. The number of hydrogen-bond donors (Lipinski definition) is 3. The van der Waals surface area contributed by atoms with Crippen molar-refractivity contribution in [3.63, 3.8) is 0 Å². The normalized spacial score (nSPS) is 22.5. The molecule has 1 saturated heterocycles. The number of aliphatic hydroxyl groups is 1. The highest BCUT2D eigenvalue weighted by molar-refractivity contribution is 7.91. The summed E-state index contributed by atoms with van der Waals surface area (Å²) in [4.78, 5) is 15.9. The van der Waals surface area contributed by atoms with Crippen LogP contribution in [0.2, 0.25) is 0 Å². The fourth-order valence-corrected chi connectivity index (χ4v) is 9.85. The predicted molar refractivity (Wildman–Crippen MR) is 200 cm³/mol. The van der Waals surface area contributed by atoms with Crippen LogP contribution in [0.1, 0.15) is 58.4 Å². The molecule has 3 N–H and O–H groups in total. The van der Waals surface area contributed by atoms with Gasteiger partial charge >= 0.3 is 0 Å². The number of sulfonamides is 1. The average Bonchev–Trinajstić information content (AvgIpc) is 3.04. The van der Waals surface area contributed by atoms with Crippen molar-refractivity contribution in [3.8, 4) is 0 Å². The van der Waals surface area contributed by atoms with Crippen LogP contribution in [0.25, 0.3) is 10.8 Å². The molecule has 0 spiro atoms. The lowest BCUT2D eigenvalue weighted by atomic mass is 9.72. The lowest BCUT2D eigenvalue weighted by Gasteiger charge is -2.47. The standard InChI is InChI=1S/C39H53N3O6S2/c1-39(2,3)40-38(44)36-24-31-16-10-11-17-33(31)25-42(36)26-37(43)32(22-28-12-6-5-7-13-28)18-20-34(41-49(4,45)46)27-50(47,48)35-21-19-29-14-8-9-15-30(29)23-35/h5-9,12-15,18-21,23,31-34,36-37,41,43H,10-11,16-17,22,24-27H2,1-4H3,(H,40,44)/b20-18+/t31-,32-,33+,34-,36?,37+/m0/s1. The van der Waals surface area contributed by atoms with E-state index in [-0.39, 0.29) is 23.4 Å². The minimum absolute atomic E-state index is 0.0276. The summed E-state index contributed by atoms with van der Waals surface area (Å²) in [5.74, 6) is -0.0466. The van der Waals surface area contributed by atoms with Crippen LogP contribution in [0.15, 0.2) is 89.8 Å². The van der Waals surface area contributed by atoms with Crippen molar-refractivity contribution >= 4 is 36.5 Å². The summed E-state index contributed by atoms with van der Waals surface area (Å²) in [5.41, 5.74) is 0.587. The number of hydrogen-bond acceptors (Lipinski definition) is 7. The highest BCUT2D eigenvalue weighted by atomic mass is 32.2. The molecular formula is C39H53N3O6S2. The number of amides is 1. The Hall–Kier alpha value is -3.09. The monoisotopic (exact) mass is 723 g/mol. The molecule has 5 rings (SSSR count). The molecule has 0 aromatic heterocycles. The highest BCUT2D eigenvalue weighted by Crippen LogP contribution is 2.39. The van der Waals surface area contributed by atoms with Crippen molar-refractivity contribution in [1.82, 2.24) is 14.9 Å². The number of piperidine rings is 1. The van der Waals surface area contributed by atoms with Crippen LogP contribution >= 0.6 is 0 Å². The Kier molecular flexibility index (Phi) is 12.3. The molecular weight excluding hydrogens is 671 g/mol. The van der Waals surface area contributed by atoms with Crippen LogP contribution in [0.5, 0.6) is 0 Å². The van der Waals surface area contributed by atoms with Crippen molar-refractivity contribution in [2.75, 3.05) is 25.1 Å². The van der Waals surface area contributed by atoms with Gasteiger partial charge in [-0.3, -0.25) is 9.69 Å². The molecule has 1 saturated carbocycles. The van der Waals surface area contributed by atoms with Gasteiger partial charge in [0.25, 0.3) is 0 Å². The topological polar surface area (TPSA) is 133 Å². The SMILES string of the molecule is CC(C)(C)NC(=O)C1C[C@@H]2CCCC[C@@H]2CN1C[C@@H](O)[C@@H](/C=C/[C@@H](CS(=O)(=O)c1ccc2ccccc2c1)NS(C)(=O)=O)Cc1ccccc1. The molecule has 9 nitrogen and oxygen atoms in total. The number of aliphatic hydroxyl groups excluding tert-OH is 1. The van der Waals surface area contributed by atoms with Gasteiger partial charge in [0.2, 0.25) is 15.9 Å². The number of carbonyl (C=O) groups is 1. The van der Waals surface area contributed by atoms with Crippen LogP contribution in [-0.2, 0) is 31.1 Å².